The van der Waals surface area contributed by atoms with Crippen molar-refractivity contribution in [3.05, 3.63) is 42.6 Å². The highest BCUT2D eigenvalue weighted by atomic mass is 16.5. The smallest absolute Gasteiger partial charge is 0.320 e. The maximum Gasteiger partial charge on any atom is 0.320 e. The number of hydrogen-bond acceptors (Lipinski definition) is 5. The van der Waals surface area contributed by atoms with Gasteiger partial charge in [-0.15, -0.1) is 0 Å². The highest BCUT2D eigenvalue weighted by Gasteiger charge is 2.09. The molecule has 2 aromatic heterocycles. The summed E-state index contributed by atoms with van der Waals surface area (Å²) in [6.07, 6.45) is 3.76. The number of hydrogen-bond donors (Lipinski definition) is 2. The number of carbonyl (C=O) groups excluding carboxylic acids is 1. The molecule has 0 spiro atoms. The molecule has 3 rings (SSSR count). The van der Waals surface area contributed by atoms with Gasteiger partial charge in [-0.2, -0.15) is 0 Å². The van der Waals surface area contributed by atoms with E-state index in [4.69, 9.17) is 9.47 Å². The number of nitrogens with zero attached hydrogens (tertiary/aromatic N) is 2. The first-order valence-electron chi connectivity index (χ1n) is 9.18. The van der Waals surface area contributed by atoms with Crippen molar-refractivity contribution in [1.29, 1.82) is 0 Å². The van der Waals surface area contributed by atoms with Crippen LogP contribution in [-0.2, 0) is 0 Å². The minimum Gasteiger partial charge on any atom is -0.493 e. The minimum absolute atomic E-state index is 0.260. The standard InChI is InChI=1S/C21H24N4O3/c1-4-5-10-22-21(26)25-20-9-7-16-17(24-20)11-15(13-23-16)14-6-8-18(27-2)19(12-14)28-3/h6-9,11-13H,4-5,10H2,1-3H3,(H2,22,24,25,26). The van der Waals surface area contributed by atoms with Crippen molar-refractivity contribution in [3.8, 4) is 22.6 Å². The lowest BCUT2D eigenvalue weighted by atomic mass is 10.1. The SMILES string of the molecule is CCCCNC(=O)Nc1ccc2ncc(-c3ccc(OC)c(OC)c3)cc2n1. The van der Waals surface area contributed by atoms with E-state index in [9.17, 15) is 4.79 Å². The second-order valence-corrected chi connectivity index (χ2v) is 6.26. The van der Waals surface area contributed by atoms with Crippen LogP contribution in [0.4, 0.5) is 10.6 Å². The Morgan fingerprint density at radius 3 is 2.57 bits per heavy atom. The molecular weight excluding hydrogens is 356 g/mol. The van der Waals surface area contributed by atoms with E-state index < -0.39 is 0 Å². The summed E-state index contributed by atoms with van der Waals surface area (Å²) in [6.45, 7) is 2.72. The number of pyridine rings is 2. The van der Waals surface area contributed by atoms with Gasteiger partial charge in [-0.05, 0) is 42.3 Å². The predicted molar refractivity (Wildman–Crippen MR) is 110 cm³/mol. The number of rotatable bonds is 7. The largest absolute Gasteiger partial charge is 0.493 e. The van der Waals surface area contributed by atoms with Gasteiger partial charge >= 0.3 is 6.03 Å². The molecule has 2 heterocycles. The van der Waals surface area contributed by atoms with Crippen LogP contribution in [-0.4, -0.2) is 36.8 Å². The zero-order valence-electron chi connectivity index (χ0n) is 16.3. The number of unbranched alkanes of at least 4 members (excludes halogenated alkanes) is 1. The molecule has 0 bridgehead atoms. The third-order valence-corrected chi connectivity index (χ3v) is 4.31. The van der Waals surface area contributed by atoms with Crippen molar-refractivity contribution in [2.24, 2.45) is 0 Å². The number of fused-ring (bicyclic) bond motifs is 1. The van der Waals surface area contributed by atoms with Crippen LogP contribution in [0.2, 0.25) is 0 Å². The molecule has 0 radical (unpaired) electrons. The van der Waals surface area contributed by atoms with E-state index in [1.54, 1.807) is 26.5 Å². The Balaban J connectivity index is 1.85. The van der Waals surface area contributed by atoms with Crippen molar-refractivity contribution in [2.45, 2.75) is 19.8 Å². The van der Waals surface area contributed by atoms with Gasteiger partial charge in [0.2, 0.25) is 0 Å². The Labute approximate surface area is 164 Å². The highest BCUT2D eigenvalue weighted by Crippen LogP contribution is 2.32. The van der Waals surface area contributed by atoms with Gasteiger partial charge in [-0.1, -0.05) is 19.4 Å². The van der Waals surface area contributed by atoms with Crippen LogP contribution in [0.5, 0.6) is 11.5 Å². The molecule has 0 saturated carbocycles. The van der Waals surface area contributed by atoms with Crippen LogP contribution < -0.4 is 20.1 Å². The van der Waals surface area contributed by atoms with E-state index in [1.165, 1.54) is 0 Å². The number of nitrogens with one attached hydrogen (secondary N) is 2. The second-order valence-electron chi connectivity index (χ2n) is 6.26. The fraction of sp³-hybridized carbons (Fsp3) is 0.286. The number of anilines is 1. The van der Waals surface area contributed by atoms with Crippen molar-refractivity contribution in [1.82, 2.24) is 15.3 Å². The molecule has 3 aromatic rings. The average Bonchev–Trinajstić information content (AvgIpc) is 2.72. The molecule has 2 N–H and O–H groups in total. The van der Waals surface area contributed by atoms with Gasteiger partial charge in [-0.25, -0.2) is 9.78 Å². The quantitative estimate of drug-likeness (QED) is 0.599. The van der Waals surface area contributed by atoms with Crippen LogP contribution in [0.25, 0.3) is 22.2 Å². The highest BCUT2D eigenvalue weighted by molar-refractivity contribution is 5.90. The van der Waals surface area contributed by atoms with Gasteiger partial charge in [0, 0.05) is 18.3 Å². The van der Waals surface area contributed by atoms with Crippen LogP contribution >= 0.6 is 0 Å². The molecule has 0 atom stereocenters. The van der Waals surface area contributed by atoms with E-state index in [0.29, 0.717) is 29.4 Å². The molecule has 0 aliphatic heterocycles. The maximum atomic E-state index is 11.9. The minimum atomic E-state index is -0.260. The van der Waals surface area contributed by atoms with Gasteiger partial charge in [0.15, 0.2) is 11.5 Å². The monoisotopic (exact) mass is 380 g/mol. The van der Waals surface area contributed by atoms with Gasteiger partial charge in [0.05, 0.1) is 25.3 Å². The summed E-state index contributed by atoms with van der Waals surface area (Å²) in [7, 11) is 3.21. The summed E-state index contributed by atoms with van der Waals surface area (Å²) in [6, 6.07) is 10.9. The molecule has 0 saturated heterocycles. The number of benzene rings is 1. The summed E-state index contributed by atoms with van der Waals surface area (Å²) in [4.78, 5) is 20.9. The van der Waals surface area contributed by atoms with E-state index >= 15 is 0 Å². The van der Waals surface area contributed by atoms with Crippen molar-refractivity contribution in [2.75, 3.05) is 26.1 Å². The van der Waals surface area contributed by atoms with E-state index in [2.05, 4.69) is 27.5 Å². The summed E-state index contributed by atoms with van der Waals surface area (Å²) in [5.74, 6) is 1.79. The second kappa shape index (κ2) is 9.03. The Bertz CT molecular complexity index is 975. The summed E-state index contributed by atoms with van der Waals surface area (Å²) >= 11 is 0. The summed E-state index contributed by atoms with van der Waals surface area (Å²) in [5, 5.41) is 5.57. The van der Waals surface area contributed by atoms with Gasteiger partial charge in [-0.3, -0.25) is 10.3 Å². The molecule has 0 aliphatic rings. The van der Waals surface area contributed by atoms with Gasteiger partial charge in [0.1, 0.15) is 5.82 Å². The third kappa shape index (κ3) is 4.49. The van der Waals surface area contributed by atoms with Crippen molar-refractivity contribution < 1.29 is 14.3 Å². The van der Waals surface area contributed by atoms with Crippen LogP contribution in [0.3, 0.4) is 0 Å². The van der Waals surface area contributed by atoms with Gasteiger partial charge in [0.25, 0.3) is 0 Å². The number of urea groups is 1. The van der Waals surface area contributed by atoms with E-state index in [-0.39, 0.29) is 6.03 Å². The van der Waals surface area contributed by atoms with Crippen LogP contribution in [0, 0.1) is 0 Å². The Hall–Kier alpha value is -3.35. The fourth-order valence-electron chi connectivity index (χ4n) is 2.79. The Morgan fingerprint density at radius 2 is 1.82 bits per heavy atom. The number of aromatic nitrogens is 2. The lowest BCUT2D eigenvalue weighted by molar-refractivity contribution is 0.252. The normalized spacial score (nSPS) is 10.5. The number of methoxy groups -OCH3 is 2. The average molecular weight is 380 g/mol. The molecule has 7 heteroatoms. The van der Waals surface area contributed by atoms with E-state index in [1.807, 2.05) is 30.3 Å². The molecule has 146 valence electrons. The van der Waals surface area contributed by atoms with E-state index in [0.717, 1.165) is 29.5 Å². The molecule has 2 amide bonds. The lowest BCUT2D eigenvalue weighted by Crippen LogP contribution is -2.29. The van der Waals surface area contributed by atoms with Crippen LogP contribution in [0.1, 0.15) is 19.8 Å². The predicted octanol–water partition coefficient (Wildman–Crippen LogP) is 4.24. The zero-order valence-corrected chi connectivity index (χ0v) is 16.3. The van der Waals surface area contributed by atoms with Crippen LogP contribution in [0.15, 0.2) is 42.6 Å². The fourth-order valence-corrected chi connectivity index (χ4v) is 2.79. The van der Waals surface area contributed by atoms with Crippen molar-refractivity contribution in [3.63, 3.8) is 0 Å². The van der Waals surface area contributed by atoms with Crippen molar-refractivity contribution >= 4 is 22.9 Å². The summed E-state index contributed by atoms with van der Waals surface area (Å²) < 4.78 is 10.7. The lowest BCUT2D eigenvalue weighted by Gasteiger charge is -2.10. The zero-order chi connectivity index (χ0) is 19.9. The summed E-state index contributed by atoms with van der Waals surface area (Å²) in [5.41, 5.74) is 3.27. The molecule has 0 unspecified atom stereocenters. The topological polar surface area (TPSA) is 85.4 Å². The number of amides is 2. The molecule has 1 aromatic carbocycles. The third-order valence-electron chi connectivity index (χ3n) is 4.31. The molecular formula is C21H24N4O3. The molecule has 0 fully saturated rings. The molecule has 0 aliphatic carbocycles. The first-order chi connectivity index (χ1) is 13.6. The first-order valence-corrected chi connectivity index (χ1v) is 9.18. The molecule has 28 heavy (non-hydrogen) atoms. The number of ether oxygens (including phenoxy) is 2. The number of carbonyl (C=O) groups is 1. The Kier molecular flexibility index (Phi) is 6.26. The first kappa shape index (κ1) is 19.4. The van der Waals surface area contributed by atoms with Gasteiger partial charge < -0.3 is 14.8 Å². The molecule has 7 nitrogen and oxygen atoms in total. The Morgan fingerprint density at radius 1 is 1.00 bits per heavy atom. The maximum absolute atomic E-state index is 11.9.